The first-order valence-corrected chi connectivity index (χ1v) is 9.50. The Bertz CT molecular complexity index is 1060. The zero-order valence-electron chi connectivity index (χ0n) is 16.7. The number of nitrogens with two attached hydrogens (primary N) is 1. The zero-order chi connectivity index (χ0) is 21.7. The highest BCUT2D eigenvalue weighted by molar-refractivity contribution is 6.04. The van der Waals surface area contributed by atoms with Crippen LogP contribution in [-0.4, -0.2) is 23.9 Å². The molecular formula is C22H23N3O5. The first-order chi connectivity index (χ1) is 14.3. The molecule has 4 N–H and O–H groups in total. The number of amides is 3. The van der Waals surface area contributed by atoms with Crippen LogP contribution in [-0.2, 0) is 4.79 Å². The Kier molecular flexibility index (Phi) is 6.36. The number of rotatable bonds is 7. The number of ether oxygens (including phenoxy) is 1. The van der Waals surface area contributed by atoms with Gasteiger partial charge in [0.2, 0.25) is 5.91 Å². The maximum atomic E-state index is 12.9. The number of hydrogen-bond donors (Lipinski definition) is 3. The topological polar surface area (TPSA) is 124 Å². The summed E-state index contributed by atoms with van der Waals surface area (Å²) in [5.74, 6) is -0.628. The molecule has 1 atom stereocenters. The minimum atomic E-state index is -0.831. The van der Waals surface area contributed by atoms with Gasteiger partial charge in [0, 0.05) is 5.39 Å². The number of para-hydroxylation sites is 2. The van der Waals surface area contributed by atoms with Crippen molar-refractivity contribution in [3.05, 3.63) is 60.4 Å². The number of anilines is 1. The van der Waals surface area contributed by atoms with Crippen LogP contribution < -0.4 is 21.1 Å². The smallest absolute Gasteiger partial charge is 0.413 e. The van der Waals surface area contributed by atoms with E-state index in [4.69, 9.17) is 14.9 Å². The lowest BCUT2D eigenvalue weighted by atomic mass is 10.0. The minimum absolute atomic E-state index is 0.00464. The second-order valence-electron chi connectivity index (χ2n) is 7.22. The van der Waals surface area contributed by atoms with Crippen molar-refractivity contribution in [3.63, 3.8) is 0 Å². The molecular weight excluding hydrogens is 386 g/mol. The first kappa shape index (κ1) is 20.9. The molecule has 3 rings (SSSR count). The monoisotopic (exact) mass is 409 g/mol. The van der Waals surface area contributed by atoms with Crippen LogP contribution in [0.3, 0.4) is 0 Å². The van der Waals surface area contributed by atoms with E-state index >= 15 is 0 Å². The standard InChI is InChI=1S/C22H23N3O5/c1-13(2)11-17(25-22(28)29-15-8-4-3-5-9-15)21(27)24-16-10-6-7-14-12-18(20(23)26)30-19(14)16/h3-10,12-13,17H,11H2,1-2H3,(H2,23,26)(H,24,27)(H,25,28). The normalized spacial score (nSPS) is 11.8. The van der Waals surface area contributed by atoms with E-state index in [0.717, 1.165) is 0 Å². The average Bonchev–Trinajstić information content (AvgIpc) is 3.13. The summed E-state index contributed by atoms with van der Waals surface area (Å²) < 4.78 is 10.7. The van der Waals surface area contributed by atoms with Gasteiger partial charge in [-0.15, -0.1) is 0 Å². The third-order valence-electron chi connectivity index (χ3n) is 4.31. The van der Waals surface area contributed by atoms with Gasteiger partial charge in [-0.3, -0.25) is 9.59 Å². The molecule has 0 spiro atoms. The van der Waals surface area contributed by atoms with Crippen molar-refractivity contribution in [2.45, 2.75) is 26.3 Å². The molecule has 0 aliphatic carbocycles. The molecule has 0 saturated carbocycles. The van der Waals surface area contributed by atoms with Gasteiger partial charge in [0.1, 0.15) is 11.8 Å². The third-order valence-corrected chi connectivity index (χ3v) is 4.31. The summed E-state index contributed by atoms with van der Waals surface area (Å²) in [5.41, 5.74) is 5.97. The quantitative estimate of drug-likeness (QED) is 0.549. The van der Waals surface area contributed by atoms with Gasteiger partial charge in [-0.1, -0.05) is 44.2 Å². The lowest BCUT2D eigenvalue weighted by Gasteiger charge is -2.20. The number of carbonyl (C=O) groups excluding carboxylic acids is 3. The van der Waals surface area contributed by atoms with Crippen LogP contribution in [0.5, 0.6) is 5.75 Å². The molecule has 8 heteroatoms. The lowest BCUT2D eigenvalue weighted by Crippen LogP contribution is -2.45. The summed E-state index contributed by atoms with van der Waals surface area (Å²) >= 11 is 0. The molecule has 0 aliphatic rings. The van der Waals surface area contributed by atoms with Crippen molar-refractivity contribution in [1.29, 1.82) is 0 Å². The van der Waals surface area contributed by atoms with Gasteiger partial charge in [0.15, 0.2) is 11.3 Å². The Balaban J connectivity index is 1.76. The second-order valence-corrected chi connectivity index (χ2v) is 7.22. The van der Waals surface area contributed by atoms with E-state index in [2.05, 4.69) is 10.6 Å². The van der Waals surface area contributed by atoms with Crippen molar-refractivity contribution in [3.8, 4) is 5.75 Å². The van der Waals surface area contributed by atoms with Gasteiger partial charge in [0.25, 0.3) is 5.91 Å². The third kappa shape index (κ3) is 5.16. The number of furan rings is 1. The molecule has 8 nitrogen and oxygen atoms in total. The van der Waals surface area contributed by atoms with E-state index in [-0.39, 0.29) is 11.7 Å². The average molecular weight is 409 g/mol. The summed E-state index contributed by atoms with van der Waals surface area (Å²) in [6.07, 6.45) is -0.328. The molecule has 156 valence electrons. The first-order valence-electron chi connectivity index (χ1n) is 9.50. The minimum Gasteiger partial charge on any atom is -0.449 e. The van der Waals surface area contributed by atoms with Crippen molar-refractivity contribution in [1.82, 2.24) is 5.32 Å². The number of fused-ring (bicyclic) bond motifs is 1. The van der Waals surface area contributed by atoms with Crippen LogP contribution >= 0.6 is 0 Å². The van der Waals surface area contributed by atoms with E-state index in [1.165, 1.54) is 6.07 Å². The molecule has 3 aromatic rings. The van der Waals surface area contributed by atoms with Crippen LogP contribution in [0, 0.1) is 5.92 Å². The van der Waals surface area contributed by atoms with Gasteiger partial charge in [-0.25, -0.2) is 4.79 Å². The lowest BCUT2D eigenvalue weighted by molar-refractivity contribution is -0.118. The van der Waals surface area contributed by atoms with Crippen molar-refractivity contribution >= 4 is 34.6 Å². The van der Waals surface area contributed by atoms with Crippen molar-refractivity contribution in [2.24, 2.45) is 11.7 Å². The van der Waals surface area contributed by atoms with Crippen molar-refractivity contribution < 1.29 is 23.5 Å². The fourth-order valence-electron chi connectivity index (χ4n) is 2.97. The van der Waals surface area contributed by atoms with E-state index < -0.39 is 23.9 Å². The molecule has 0 aliphatic heterocycles. The summed E-state index contributed by atoms with van der Waals surface area (Å²) in [7, 11) is 0. The van der Waals surface area contributed by atoms with Crippen LogP contribution in [0.25, 0.3) is 11.0 Å². The molecule has 0 bridgehead atoms. The van der Waals surface area contributed by atoms with Gasteiger partial charge < -0.3 is 25.5 Å². The van der Waals surface area contributed by atoms with Gasteiger partial charge in [0.05, 0.1) is 5.69 Å². The molecule has 0 saturated heterocycles. The largest absolute Gasteiger partial charge is 0.449 e. The number of hydrogen-bond acceptors (Lipinski definition) is 5. The van der Waals surface area contributed by atoms with Crippen LogP contribution in [0.15, 0.2) is 59.0 Å². The Morgan fingerprint density at radius 3 is 2.47 bits per heavy atom. The SMILES string of the molecule is CC(C)CC(NC(=O)Oc1ccccc1)C(=O)Nc1cccc2cc(C(N)=O)oc12. The summed E-state index contributed by atoms with van der Waals surface area (Å²) in [6.45, 7) is 3.88. The summed E-state index contributed by atoms with van der Waals surface area (Å²) in [4.78, 5) is 36.6. The zero-order valence-corrected chi connectivity index (χ0v) is 16.7. The molecule has 0 radical (unpaired) electrons. The Morgan fingerprint density at radius 2 is 1.80 bits per heavy atom. The molecule has 3 amide bonds. The van der Waals surface area contributed by atoms with Crippen LogP contribution in [0.2, 0.25) is 0 Å². The fourth-order valence-corrected chi connectivity index (χ4v) is 2.97. The molecule has 2 aromatic carbocycles. The Labute approximate surface area is 173 Å². The summed E-state index contributed by atoms with van der Waals surface area (Å²) in [6, 6.07) is 14.3. The maximum absolute atomic E-state index is 12.9. The van der Waals surface area contributed by atoms with Gasteiger partial charge in [-0.05, 0) is 36.6 Å². The number of primary amides is 1. The van der Waals surface area contributed by atoms with Crippen molar-refractivity contribution in [2.75, 3.05) is 5.32 Å². The predicted molar refractivity (Wildman–Crippen MR) is 112 cm³/mol. The predicted octanol–water partition coefficient (Wildman–Crippen LogP) is 3.67. The van der Waals surface area contributed by atoms with Crippen LogP contribution in [0.4, 0.5) is 10.5 Å². The van der Waals surface area contributed by atoms with Gasteiger partial charge >= 0.3 is 6.09 Å². The number of carbonyl (C=O) groups is 3. The molecule has 1 aromatic heterocycles. The highest BCUT2D eigenvalue weighted by atomic mass is 16.6. The van der Waals surface area contributed by atoms with E-state index in [0.29, 0.717) is 28.8 Å². The molecule has 0 fully saturated rings. The maximum Gasteiger partial charge on any atom is 0.413 e. The van der Waals surface area contributed by atoms with E-state index in [9.17, 15) is 14.4 Å². The highest BCUT2D eigenvalue weighted by Crippen LogP contribution is 2.27. The molecule has 1 unspecified atom stereocenters. The van der Waals surface area contributed by atoms with Crippen LogP contribution in [0.1, 0.15) is 30.8 Å². The molecule has 30 heavy (non-hydrogen) atoms. The van der Waals surface area contributed by atoms with E-state index in [1.54, 1.807) is 48.5 Å². The Hall–Kier alpha value is -3.81. The summed E-state index contributed by atoms with van der Waals surface area (Å²) in [5, 5.41) is 5.99. The molecule has 1 heterocycles. The fraction of sp³-hybridized carbons (Fsp3) is 0.227. The van der Waals surface area contributed by atoms with Gasteiger partial charge in [-0.2, -0.15) is 0 Å². The van der Waals surface area contributed by atoms with E-state index in [1.807, 2.05) is 13.8 Å². The number of benzene rings is 2. The Morgan fingerprint density at radius 1 is 1.07 bits per heavy atom. The number of nitrogens with one attached hydrogen (secondary N) is 2. The second kappa shape index (κ2) is 9.13. The highest BCUT2D eigenvalue weighted by Gasteiger charge is 2.24.